The van der Waals surface area contributed by atoms with Gasteiger partial charge < -0.3 is 0 Å². The Morgan fingerprint density at radius 3 is 2.03 bits per heavy atom. The molecular weight excluding hydrogens is 390 g/mol. The van der Waals surface area contributed by atoms with Gasteiger partial charge in [0.05, 0.1) is 4.90 Å². The van der Waals surface area contributed by atoms with Crippen LogP contribution in [0, 0.1) is 39.5 Å². The zero-order valence-electron chi connectivity index (χ0n) is 19.0. The first-order chi connectivity index (χ1) is 13.9. The van der Waals surface area contributed by atoms with Crippen molar-refractivity contribution in [2.24, 2.45) is 11.8 Å². The van der Waals surface area contributed by atoms with Gasteiger partial charge in [-0.25, -0.2) is 8.42 Å². The molecule has 1 fully saturated rings. The topological polar surface area (TPSA) is 37.4 Å². The smallest absolute Gasteiger partial charge is 0.207 e. The molecule has 4 heteroatoms. The van der Waals surface area contributed by atoms with E-state index < -0.39 is 10.0 Å². The molecule has 0 spiro atoms. The van der Waals surface area contributed by atoms with Crippen LogP contribution in [0.15, 0.2) is 60.0 Å². The Balaban J connectivity index is 2.07. The lowest BCUT2D eigenvalue weighted by Gasteiger charge is -2.32. The van der Waals surface area contributed by atoms with Gasteiger partial charge in [0, 0.05) is 18.5 Å². The lowest BCUT2D eigenvalue weighted by molar-refractivity contribution is 0.292. The summed E-state index contributed by atoms with van der Waals surface area (Å²) in [6, 6.07) is 11.9. The summed E-state index contributed by atoms with van der Waals surface area (Å²) in [7, 11) is -3.67. The number of nitrogens with zero attached hydrogens (tertiary/aromatic N) is 1. The largest absolute Gasteiger partial charge is 0.244 e. The average Bonchev–Trinajstić information content (AvgIpc) is 2.99. The van der Waals surface area contributed by atoms with Gasteiger partial charge in [0.25, 0.3) is 0 Å². The van der Waals surface area contributed by atoms with E-state index in [2.05, 4.69) is 58.2 Å². The highest BCUT2D eigenvalue weighted by Crippen LogP contribution is 2.44. The predicted molar refractivity (Wildman–Crippen MR) is 126 cm³/mol. The van der Waals surface area contributed by atoms with Crippen LogP contribution in [0.2, 0.25) is 0 Å². The number of hydrogen-bond donors (Lipinski definition) is 0. The molecule has 0 aliphatic carbocycles. The van der Waals surface area contributed by atoms with E-state index >= 15 is 0 Å². The first-order valence-corrected chi connectivity index (χ1v) is 11.9. The van der Waals surface area contributed by atoms with Crippen molar-refractivity contribution in [3.8, 4) is 0 Å². The monoisotopic (exact) mass is 423 g/mol. The Bertz CT molecular complexity index is 1070. The van der Waals surface area contributed by atoms with Gasteiger partial charge in [0.2, 0.25) is 10.0 Å². The maximum absolute atomic E-state index is 13.9. The molecule has 1 saturated heterocycles. The van der Waals surface area contributed by atoms with E-state index in [1.165, 1.54) is 5.56 Å². The Morgan fingerprint density at radius 2 is 1.53 bits per heavy atom. The van der Waals surface area contributed by atoms with Gasteiger partial charge in [-0.15, -0.1) is 0 Å². The highest BCUT2D eigenvalue weighted by Gasteiger charge is 2.46. The molecule has 0 aromatic heterocycles. The minimum atomic E-state index is -3.67. The normalized spacial score (nSPS) is 20.2. The number of benzene rings is 2. The van der Waals surface area contributed by atoms with Gasteiger partial charge in [-0.1, -0.05) is 80.1 Å². The number of rotatable bonds is 5. The molecule has 0 saturated carbocycles. The van der Waals surface area contributed by atoms with Crippen molar-refractivity contribution in [2.45, 2.75) is 52.5 Å². The lowest BCUT2D eigenvalue weighted by atomic mass is 9.81. The van der Waals surface area contributed by atoms with Gasteiger partial charge in [-0.2, -0.15) is 4.31 Å². The zero-order valence-corrected chi connectivity index (χ0v) is 19.8. The predicted octanol–water partition coefficient (Wildman–Crippen LogP) is 5.83. The van der Waals surface area contributed by atoms with Gasteiger partial charge in [0.15, 0.2) is 0 Å². The summed E-state index contributed by atoms with van der Waals surface area (Å²) in [6.07, 6.45) is 0. The molecular formula is C26H33NO2S. The molecule has 0 radical (unpaired) electrons. The lowest BCUT2D eigenvalue weighted by Crippen LogP contribution is -2.41. The number of hydrogen-bond acceptors (Lipinski definition) is 2. The van der Waals surface area contributed by atoms with Crippen molar-refractivity contribution in [1.29, 1.82) is 0 Å². The first-order valence-electron chi connectivity index (χ1n) is 10.5. The molecule has 0 N–H and O–H groups in total. The molecule has 160 valence electrons. The van der Waals surface area contributed by atoms with Crippen LogP contribution in [-0.2, 0) is 10.0 Å². The summed E-state index contributed by atoms with van der Waals surface area (Å²) < 4.78 is 29.4. The highest BCUT2D eigenvalue weighted by molar-refractivity contribution is 7.89. The van der Waals surface area contributed by atoms with Crippen molar-refractivity contribution >= 4 is 15.6 Å². The van der Waals surface area contributed by atoms with Crippen LogP contribution in [0.25, 0.3) is 5.57 Å². The van der Waals surface area contributed by atoms with Crippen LogP contribution < -0.4 is 0 Å². The van der Waals surface area contributed by atoms with Crippen molar-refractivity contribution in [3.63, 3.8) is 0 Å². The standard InChI is InChI=1S/C26H33NO2S/c1-16(2)25-24(22(8)23-11-9-17(3)10-12-23)21(7)15-27(25)30(28,29)26-19(5)13-18(4)14-20(26)6/h9-14,16,24-25H,7-8,15H2,1-6H3/t24-,25+/m1/s1. The van der Waals surface area contributed by atoms with E-state index in [4.69, 9.17) is 0 Å². The molecule has 1 aliphatic rings. The van der Waals surface area contributed by atoms with Crippen LogP contribution in [0.5, 0.6) is 0 Å². The van der Waals surface area contributed by atoms with Crippen molar-refractivity contribution in [1.82, 2.24) is 4.31 Å². The van der Waals surface area contributed by atoms with E-state index in [0.717, 1.165) is 33.4 Å². The van der Waals surface area contributed by atoms with Gasteiger partial charge in [-0.05, 0) is 55.9 Å². The molecule has 2 aromatic rings. The second-order valence-corrected chi connectivity index (χ2v) is 10.9. The average molecular weight is 424 g/mol. The fourth-order valence-corrected chi connectivity index (χ4v) is 7.05. The van der Waals surface area contributed by atoms with Crippen molar-refractivity contribution in [3.05, 3.63) is 82.9 Å². The molecule has 30 heavy (non-hydrogen) atoms. The minimum Gasteiger partial charge on any atom is -0.207 e. The molecule has 3 rings (SSSR count). The van der Waals surface area contributed by atoms with Crippen LogP contribution >= 0.6 is 0 Å². The Morgan fingerprint density at radius 1 is 1.00 bits per heavy atom. The number of sulfonamides is 1. The molecule has 2 aromatic carbocycles. The van der Waals surface area contributed by atoms with Crippen LogP contribution in [0.3, 0.4) is 0 Å². The summed E-state index contributed by atoms with van der Waals surface area (Å²) in [4.78, 5) is 0.424. The highest BCUT2D eigenvalue weighted by atomic mass is 32.2. The summed E-state index contributed by atoms with van der Waals surface area (Å²) >= 11 is 0. The zero-order chi connectivity index (χ0) is 22.4. The summed E-state index contributed by atoms with van der Waals surface area (Å²) in [5, 5.41) is 0. The summed E-state index contributed by atoms with van der Waals surface area (Å²) in [5.74, 6) is 0.0193. The van der Waals surface area contributed by atoms with Crippen LogP contribution in [0.4, 0.5) is 0 Å². The van der Waals surface area contributed by atoms with E-state index in [0.29, 0.717) is 11.4 Å². The Hall–Kier alpha value is -2.17. The van der Waals surface area contributed by atoms with Gasteiger partial charge >= 0.3 is 0 Å². The van der Waals surface area contributed by atoms with E-state index in [1.807, 2.05) is 32.9 Å². The SMILES string of the molecule is C=C1CN(S(=O)(=O)c2c(C)cc(C)cc2C)[C@@H](C(C)C)[C@H]1C(=C)c1ccc(C)cc1. The molecule has 3 nitrogen and oxygen atoms in total. The molecule has 2 atom stereocenters. The molecule has 0 amide bonds. The maximum atomic E-state index is 13.9. The third-order valence-corrected chi connectivity index (χ3v) is 8.27. The van der Waals surface area contributed by atoms with Crippen LogP contribution in [0.1, 0.15) is 41.7 Å². The first kappa shape index (κ1) is 22.5. The summed E-state index contributed by atoms with van der Waals surface area (Å²) in [6.45, 7) is 20.9. The quantitative estimate of drug-likeness (QED) is 0.567. The Kier molecular flexibility index (Phi) is 6.13. The second kappa shape index (κ2) is 8.16. The van der Waals surface area contributed by atoms with E-state index in [1.54, 1.807) is 4.31 Å². The fourth-order valence-electron chi connectivity index (χ4n) is 4.86. The number of aryl methyl sites for hydroxylation is 4. The Labute approximate surface area is 182 Å². The third kappa shape index (κ3) is 3.91. The van der Waals surface area contributed by atoms with Crippen molar-refractivity contribution in [2.75, 3.05) is 6.54 Å². The molecule has 1 heterocycles. The third-order valence-electron chi connectivity index (χ3n) is 6.12. The van der Waals surface area contributed by atoms with Crippen LogP contribution in [-0.4, -0.2) is 25.3 Å². The summed E-state index contributed by atoms with van der Waals surface area (Å²) in [5.41, 5.74) is 6.73. The maximum Gasteiger partial charge on any atom is 0.244 e. The molecule has 0 bridgehead atoms. The van der Waals surface area contributed by atoms with Gasteiger partial charge in [-0.3, -0.25) is 0 Å². The minimum absolute atomic E-state index is 0.103. The molecule has 1 aliphatic heterocycles. The van der Waals surface area contributed by atoms with E-state index in [-0.39, 0.29) is 17.9 Å². The second-order valence-electron chi connectivity index (χ2n) is 9.04. The molecule has 0 unspecified atom stereocenters. The fraction of sp³-hybridized carbons (Fsp3) is 0.385. The van der Waals surface area contributed by atoms with Gasteiger partial charge in [0.1, 0.15) is 0 Å². The van der Waals surface area contributed by atoms with E-state index in [9.17, 15) is 8.42 Å². The van der Waals surface area contributed by atoms with Crippen molar-refractivity contribution < 1.29 is 8.42 Å².